The van der Waals surface area contributed by atoms with Crippen molar-refractivity contribution >= 4 is 51.8 Å². The van der Waals surface area contributed by atoms with Crippen molar-refractivity contribution in [2.24, 2.45) is 17.3 Å². The van der Waals surface area contributed by atoms with E-state index in [2.05, 4.69) is 25.5 Å². The number of aromatic nitrogens is 4. The molecule has 0 radical (unpaired) electrons. The smallest absolute Gasteiger partial charge is 0.407 e. The third-order valence-corrected chi connectivity index (χ3v) is 14.9. The number of nitrogens with one attached hydrogen (secondary N) is 4. The number of ether oxygens (including phenoxy) is 3. The summed E-state index contributed by atoms with van der Waals surface area (Å²) < 4.78 is 48.6. The van der Waals surface area contributed by atoms with E-state index in [-0.39, 0.29) is 59.8 Å². The molecular formula is C51H63F2N9O8. The molecular weight excluding hydrogens is 905 g/mol. The minimum atomic E-state index is -1.26. The van der Waals surface area contributed by atoms with Crippen LogP contribution in [0.25, 0.3) is 22.1 Å². The van der Waals surface area contributed by atoms with Crippen LogP contribution in [0.2, 0.25) is 0 Å². The summed E-state index contributed by atoms with van der Waals surface area (Å²) in [6.07, 6.45) is 2.94. The lowest BCUT2D eigenvalue weighted by Crippen LogP contribution is -2.51. The highest BCUT2D eigenvalue weighted by atomic mass is 19.1. The number of halogens is 2. The quantitative estimate of drug-likeness (QED) is 0.0671. The minimum Gasteiger partial charge on any atom is -0.487 e. The zero-order valence-electron chi connectivity index (χ0n) is 40.5. The van der Waals surface area contributed by atoms with Crippen LogP contribution in [0.5, 0.6) is 5.75 Å². The van der Waals surface area contributed by atoms with Gasteiger partial charge in [-0.1, -0.05) is 46.8 Å². The van der Waals surface area contributed by atoms with Crippen LogP contribution in [0, 0.1) is 28.9 Å². The number of alkyl carbamates (subject to hydrolysis) is 1. The van der Waals surface area contributed by atoms with E-state index < -0.39 is 41.7 Å². The number of H-pyrrole nitrogens is 2. The van der Waals surface area contributed by atoms with Crippen LogP contribution >= 0.6 is 0 Å². The van der Waals surface area contributed by atoms with E-state index in [9.17, 15) is 24.3 Å². The number of likely N-dealkylation sites (tertiary alicyclic amines) is 2. The Morgan fingerprint density at radius 3 is 1.70 bits per heavy atom. The maximum atomic E-state index is 16.3. The number of carbonyl (C=O) groups is 4. The van der Waals surface area contributed by atoms with Crippen molar-refractivity contribution in [3.05, 3.63) is 82.9 Å². The molecule has 4 amide bonds. The van der Waals surface area contributed by atoms with E-state index in [0.29, 0.717) is 80.4 Å². The molecule has 3 aromatic carbocycles. The third kappa shape index (κ3) is 9.31. The van der Waals surface area contributed by atoms with Crippen molar-refractivity contribution in [1.29, 1.82) is 0 Å². The number of hydrogen-bond acceptors (Lipinski definition) is 10. The fourth-order valence-corrected chi connectivity index (χ4v) is 10.8. The number of amides is 4. The van der Waals surface area contributed by atoms with Crippen molar-refractivity contribution in [1.82, 2.24) is 40.4 Å². The SMILES string of the molecule is CCC1(COc2c(F)cc(N3[C@@H](c4ccc5nc([C@@H]6CCCN6C(=O)[C@@H](NC(=O)O)C(C)C)[nH]c5c4)CC[C@@H]3c3ccc4nc([C@@H]5CCCN5C(=O)[C@@H](NC(=O)OC)C(C)C)[nH]c4c3)cc2F)COC1. The summed E-state index contributed by atoms with van der Waals surface area (Å²) in [5, 5.41) is 14.6. The standard InChI is InChI=1S/C51H63F2N9O8/c1-7-51(24-69-25-51)26-70-44-32(52)22-31(23-33(44)53)62-38(29-12-14-34-36(20-29)56-45(54-34)40-10-8-18-60(40)47(63)42(27(2)3)58-49(65)66)16-17-39(62)30-13-15-35-37(21-30)57-46(55-35)41-11-9-19-61(41)48(64)43(28(4)5)59-50(67)68-6/h12-15,20-23,27-28,38-43,58H,7-11,16-19,24-26H2,1-6H3,(H,54,56)(H,55,57)(H,59,67)(H,65,66)/t38-,39-,40+,41+,42+,43+/m1/s1. The molecule has 5 N–H and O–H groups in total. The summed E-state index contributed by atoms with van der Waals surface area (Å²) in [4.78, 5) is 73.8. The first-order valence-corrected chi connectivity index (χ1v) is 24.5. The number of carboxylic acid groups (broad SMARTS) is 1. The van der Waals surface area contributed by atoms with Gasteiger partial charge < -0.3 is 54.6 Å². The van der Waals surface area contributed by atoms with Crippen molar-refractivity contribution in [2.75, 3.05) is 44.9 Å². The lowest BCUT2D eigenvalue weighted by Gasteiger charge is -2.40. The zero-order chi connectivity index (χ0) is 49.6. The second-order valence-corrected chi connectivity index (χ2v) is 20.1. The number of nitrogens with zero attached hydrogens (tertiary/aromatic N) is 5. The first kappa shape index (κ1) is 48.5. The van der Waals surface area contributed by atoms with Gasteiger partial charge in [-0.25, -0.2) is 28.3 Å². The van der Waals surface area contributed by atoms with Gasteiger partial charge in [0.15, 0.2) is 17.4 Å². The molecule has 374 valence electrons. The van der Waals surface area contributed by atoms with Gasteiger partial charge in [-0.05, 0) is 92.2 Å². The Kier molecular flexibility index (Phi) is 13.7. The molecule has 6 heterocycles. The van der Waals surface area contributed by atoms with Gasteiger partial charge in [0.25, 0.3) is 0 Å². The third-order valence-electron chi connectivity index (χ3n) is 14.9. The molecule has 4 aliphatic heterocycles. The van der Waals surface area contributed by atoms with E-state index in [1.165, 1.54) is 19.2 Å². The maximum Gasteiger partial charge on any atom is 0.407 e. The van der Waals surface area contributed by atoms with Gasteiger partial charge >= 0.3 is 12.2 Å². The van der Waals surface area contributed by atoms with Crippen LogP contribution in [0.3, 0.4) is 0 Å². The van der Waals surface area contributed by atoms with Crippen LogP contribution < -0.4 is 20.3 Å². The van der Waals surface area contributed by atoms with Gasteiger partial charge in [-0.15, -0.1) is 0 Å². The largest absolute Gasteiger partial charge is 0.487 e. The summed E-state index contributed by atoms with van der Waals surface area (Å²) in [5.41, 5.74) is 4.72. The van der Waals surface area contributed by atoms with Gasteiger partial charge in [-0.2, -0.15) is 0 Å². The monoisotopic (exact) mass is 967 g/mol. The number of fused-ring (bicyclic) bond motifs is 2. The number of rotatable bonds is 15. The summed E-state index contributed by atoms with van der Waals surface area (Å²) in [6, 6.07) is 11.5. The maximum absolute atomic E-state index is 16.3. The van der Waals surface area contributed by atoms with E-state index in [0.717, 1.165) is 41.4 Å². The molecule has 6 atom stereocenters. The Bertz CT molecular complexity index is 2750. The molecule has 0 spiro atoms. The van der Waals surface area contributed by atoms with Crippen LogP contribution in [-0.2, 0) is 19.1 Å². The number of imidazole rings is 2. The molecule has 70 heavy (non-hydrogen) atoms. The molecule has 2 aromatic heterocycles. The normalized spacial score (nSPS) is 21.9. The Hall–Kier alpha value is -6.50. The Balaban J connectivity index is 1.03. The first-order valence-electron chi connectivity index (χ1n) is 24.5. The van der Waals surface area contributed by atoms with E-state index >= 15 is 8.78 Å². The first-order chi connectivity index (χ1) is 33.6. The highest BCUT2D eigenvalue weighted by Gasteiger charge is 2.42. The van der Waals surface area contributed by atoms with Crippen molar-refractivity contribution in [2.45, 2.75) is 116 Å². The Labute approximate surface area is 405 Å². The molecule has 5 aromatic rings. The predicted molar refractivity (Wildman–Crippen MR) is 256 cm³/mol. The van der Waals surface area contributed by atoms with Crippen molar-refractivity contribution in [3.63, 3.8) is 0 Å². The minimum absolute atomic E-state index is 0.129. The second kappa shape index (κ2) is 19.7. The molecule has 4 fully saturated rings. The molecule has 4 aliphatic rings. The summed E-state index contributed by atoms with van der Waals surface area (Å²) in [6.45, 7) is 11.4. The van der Waals surface area contributed by atoms with Gasteiger partial charge in [0.2, 0.25) is 11.8 Å². The molecule has 9 rings (SSSR count). The highest BCUT2D eigenvalue weighted by molar-refractivity contribution is 5.87. The van der Waals surface area contributed by atoms with E-state index in [4.69, 9.17) is 24.2 Å². The van der Waals surface area contributed by atoms with Gasteiger partial charge in [-0.3, -0.25) is 9.59 Å². The van der Waals surface area contributed by atoms with E-state index in [1.54, 1.807) is 23.6 Å². The van der Waals surface area contributed by atoms with E-state index in [1.807, 2.05) is 57.2 Å². The Morgan fingerprint density at radius 1 is 0.771 bits per heavy atom. The number of benzene rings is 3. The molecule has 0 unspecified atom stereocenters. The molecule has 0 bridgehead atoms. The summed E-state index contributed by atoms with van der Waals surface area (Å²) >= 11 is 0. The zero-order valence-corrected chi connectivity index (χ0v) is 40.5. The van der Waals surface area contributed by atoms with Crippen molar-refractivity contribution < 1.29 is 47.3 Å². The van der Waals surface area contributed by atoms with Gasteiger partial charge in [0, 0.05) is 30.9 Å². The number of carbonyl (C=O) groups excluding carboxylic acids is 3. The second-order valence-electron chi connectivity index (χ2n) is 20.1. The Morgan fingerprint density at radius 2 is 1.27 bits per heavy atom. The average molecular weight is 968 g/mol. The topological polar surface area (TPSA) is 207 Å². The summed E-state index contributed by atoms with van der Waals surface area (Å²) in [5.74, 6) is -1.75. The number of hydrogen-bond donors (Lipinski definition) is 5. The molecule has 0 aliphatic carbocycles. The number of aromatic amines is 2. The van der Waals surface area contributed by atoms with Gasteiger partial charge in [0.05, 0.1) is 78.6 Å². The predicted octanol–water partition coefficient (Wildman–Crippen LogP) is 8.61. The molecule has 17 nitrogen and oxygen atoms in total. The van der Waals surface area contributed by atoms with Crippen molar-refractivity contribution in [3.8, 4) is 5.75 Å². The average Bonchev–Trinajstić information content (AvgIpc) is 4.18. The van der Waals surface area contributed by atoms with Crippen LogP contribution in [0.1, 0.15) is 127 Å². The highest BCUT2D eigenvalue weighted by Crippen LogP contribution is 2.49. The number of methoxy groups -OCH3 is 1. The fraction of sp³-hybridized carbons (Fsp3) is 0.529. The summed E-state index contributed by atoms with van der Waals surface area (Å²) in [7, 11) is 1.27. The molecule has 0 saturated carbocycles. The van der Waals surface area contributed by atoms with Crippen LogP contribution in [-0.4, -0.2) is 111 Å². The van der Waals surface area contributed by atoms with Gasteiger partial charge in [0.1, 0.15) is 23.7 Å². The lowest BCUT2D eigenvalue weighted by molar-refractivity contribution is -0.136. The molecule has 4 saturated heterocycles. The lowest BCUT2D eigenvalue weighted by atomic mass is 9.84. The van der Waals surface area contributed by atoms with Crippen LogP contribution in [0.15, 0.2) is 48.5 Å². The molecule has 19 heteroatoms. The number of anilines is 1. The van der Waals surface area contributed by atoms with Crippen LogP contribution in [0.4, 0.5) is 24.1 Å². The fourth-order valence-electron chi connectivity index (χ4n) is 10.8.